The molecule has 9 heteroatoms. The second-order valence-electron chi connectivity index (χ2n) is 7.14. The average molecular weight is 453 g/mol. The maximum absolute atomic E-state index is 12.4. The van der Waals surface area contributed by atoms with Crippen LogP contribution in [0.15, 0.2) is 76.3 Å². The molecule has 174 valence electrons. The summed E-state index contributed by atoms with van der Waals surface area (Å²) in [5.41, 5.74) is 1.36. The van der Waals surface area contributed by atoms with E-state index in [0.717, 1.165) is 25.8 Å². The highest BCUT2D eigenvalue weighted by molar-refractivity contribution is 5.89. The Morgan fingerprint density at radius 1 is 0.879 bits per heavy atom. The summed E-state index contributed by atoms with van der Waals surface area (Å²) >= 11 is 0. The van der Waals surface area contributed by atoms with Gasteiger partial charge in [-0.2, -0.15) is 0 Å². The van der Waals surface area contributed by atoms with Gasteiger partial charge in [0.05, 0.1) is 10.9 Å². The van der Waals surface area contributed by atoms with Crippen LogP contribution in [0.4, 0.5) is 0 Å². The molecule has 0 spiro atoms. The first-order chi connectivity index (χ1) is 15.9. The van der Waals surface area contributed by atoms with Crippen LogP contribution in [-0.2, 0) is 22.6 Å². The number of nitrogens with zero attached hydrogens (tertiary/aromatic N) is 1. The van der Waals surface area contributed by atoms with Crippen LogP contribution in [0, 0.1) is 0 Å². The van der Waals surface area contributed by atoms with Crippen LogP contribution in [0.2, 0.25) is 0 Å². The van der Waals surface area contributed by atoms with Crippen molar-refractivity contribution in [3.05, 3.63) is 93.2 Å². The first-order valence-corrected chi connectivity index (χ1v) is 10.5. The van der Waals surface area contributed by atoms with E-state index < -0.39 is 11.9 Å². The normalized spacial score (nSPS) is 10.7. The molecule has 3 aromatic rings. The summed E-state index contributed by atoms with van der Waals surface area (Å²) in [6, 6.07) is 17.5. The first kappa shape index (κ1) is 25.3. The standard InChI is InChI=1S/C20H23N3O2.C4H4O4/c24-19-17-11-4-5-12-18(17)22-20(25)23(19)15-14-21-13-7-6-10-16-8-2-1-3-9-16;5-3(6)1-2-4(7)8/h1-5,8-9,11-12,21H,6-7,10,13-15H2,(H,22,25);1-2H,(H,5,6)(H,7,8)/b;2-1-. The van der Waals surface area contributed by atoms with Crippen LogP contribution in [0.25, 0.3) is 10.9 Å². The second kappa shape index (κ2) is 13.4. The minimum atomic E-state index is -1.26. The van der Waals surface area contributed by atoms with Gasteiger partial charge in [-0.05, 0) is 43.5 Å². The van der Waals surface area contributed by atoms with Crippen LogP contribution in [0.5, 0.6) is 0 Å². The monoisotopic (exact) mass is 453 g/mol. The number of hydrogen-bond donors (Lipinski definition) is 4. The number of benzene rings is 2. The third kappa shape index (κ3) is 8.96. The molecule has 0 aliphatic carbocycles. The summed E-state index contributed by atoms with van der Waals surface area (Å²) < 4.78 is 1.26. The fourth-order valence-electron chi connectivity index (χ4n) is 3.08. The summed E-state index contributed by atoms with van der Waals surface area (Å²) in [6.07, 6.45) is 4.38. The van der Waals surface area contributed by atoms with Gasteiger partial charge >= 0.3 is 17.6 Å². The molecule has 2 aromatic carbocycles. The summed E-state index contributed by atoms with van der Waals surface area (Å²) in [5, 5.41) is 19.5. The molecule has 3 rings (SSSR count). The smallest absolute Gasteiger partial charge is 0.328 e. The highest BCUT2D eigenvalue weighted by Gasteiger charge is 2.06. The average Bonchev–Trinajstić information content (AvgIpc) is 2.80. The number of H-pyrrole nitrogens is 1. The molecule has 1 aromatic heterocycles. The Morgan fingerprint density at radius 2 is 1.52 bits per heavy atom. The molecule has 33 heavy (non-hydrogen) atoms. The van der Waals surface area contributed by atoms with E-state index >= 15 is 0 Å². The third-order valence-corrected chi connectivity index (χ3v) is 4.68. The van der Waals surface area contributed by atoms with Crippen molar-refractivity contribution in [3.8, 4) is 0 Å². The Kier molecular flexibility index (Phi) is 10.3. The van der Waals surface area contributed by atoms with Gasteiger partial charge < -0.3 is 20.5 Å². The van der Waals surface area contributed by atoms with E-state index in [1.165, 1.54) is 10.1 Å². The van der Waals surface area contributed by atoms with Gasteiger partial charge in [0.2, 0.25) is 0 Å². The number of unbranched alkanes of at least 4 members (excludes halogenated alkanes) is 1. The van der Waals surface area contributed by atoms with Crippen molar-refractivity contribution < 1.29 is 19.8 Å². The topological polar surface area (TPSA) is 141 Å². The number of para-hydroxylation sites is 1. The summed E-state index contributed by atoms with van der Waals surface area (Å²) in [6.45, 7) is 1.86. The Balaban J connectivity index is 0.000000414. The Hall–Kier alpha value is -3.98. The lowest BCUT2D eigenvalue weighted by Crippen LogP contribution is -2.38. The number of carboxylic acid groups (broad SMARTS) is 2. The zero-order chi connectivity index (χ0) is 24.1. The highest BCUT2D eigenvalue weighted by Crippen LogP contribution is 2.04. The molecule has 0 saturated heterocycles. The number of aromatic nitrogens is 2. The predicted octanol–water partition coefficient (Wildman–Crippen LogP) is 2.01. The van der Waals surface area contributed by atoms with E-state index in [2.05, 4.69) is 34.6 Å². The quantitative estimate of drug-likeness (QED) is 0.272. The molecule has 0 fully saturated rings. The molecule has 0 bridgehead atoms. The van der Waals surface area contributed by atoms with Gasteiger partial charge in [-0.3, -0.25) is 9.36 Å². The van der Waals surface area contributed by atoms with E-state index in [9.17, 15) is 19.2 Å². The van der Waals surface area contributed by atoms with Gasteiger partial charge in [0, 0.05) is 25.2 Å². The summed E-state index contributed by atoms with van der Waals surface area (Å²) in [5.74, 6) is -2.51. The number of aromatic amines is 1. The molecule has 0 aliphatic heterocycles. The van der Waals surface area contributed by atoms with Gasteiger partial charge in [0.25, 0.3) is 5.56 Å². The molecule has 0 atom stereocenters. The Bertz CT molecular complexity index is 1180. The maximum atomic E-state index is 12.4. The molecule has 9 nitrogen and oxygen atoms in total. The van der Waals surface area contributed by atoms with Crippen molar-refractivity contribution in [1.29, 1.82) is 0 Å². The van der Waals surface area contributed by atoms with Crippen molar-refractivity contribution in [2.45, 2.75) is 25.8 Å². The van der Waals surface area contributed by atoms with Crippen molar-refractivity contribution >= 4 is 22.8 Å². The summed E-state index contributed by atoms with van der Waals surface area (Å²) in [4.78, 5) is 46.3. The molecule has 0 unspecified atom stereocenters. The van der Waals surface area contributed by atoms with Crippen LogP contribution in [0.3, 0.4) is 0 Å². The van der Waals surface area contributed by atoms with E-state index in [4.69, 9.17) is 10.2 Å². The van der Waals surface area contributed by atoms with Crippen LogP contribution in [0.1, 0.15) is 18.4 Å². The molecule has 0 aliphatic rings. The van der Waals surface area contributed by atoms with Crippen LogP contribution in [-0.4, -0.2) is 44.8 Å². The van der Waals surface area contributed by atoms with Gasteiger partial charge in [-0.15, -0.1) is 0 Å². The van der Waals surface area contributed by atoms with E-state index in [1.807, 2.05) is 6.07 Å². The Morgan fingerprint density at radius 3 is 2.18 bits per heavy atom. The SMILES string of the molecule is O=C(O)/C=C\C(=O)O.O=c1[nH]c2ccccc2c(=O)n1CCNCCCCc1ccccc1. The highest BCUT2D eigenvalue weighted by atomic mass is 16.4. The number of carbonyl (C=O) groups is 2. The zero-order valence-electron chi connectivity index (χ0n) is 18.1. The van der Waals surface area contributed by atoms with Crippen LogP contribution >= 0.6 is 0 Å². The number of aliphatic carboxylic acids is 2. The molecular formula is C24H27N3O6. The Labute approximate surface area is 190 Å². The maximum Gasteiger partial charge on any atom is 0.328 e. The second-order valence-corrected chi connectivity index (χ2v) is 7.14. The zero-order valence-corrected chi connectivity index (χ0v) is 18.1. The lowest BCUT2D eigenvalue weighted by molar-refractivity contribution is -0.134. The van der Waals surface area contributed by atoms with Crippen molar-refractivity contribution in [2.75, 3.05) is 13.1 Å². The van der Waals surface area contributed by atoms with Gasteiger partial charge in [-0.1, -0.05) is 42.5 Å². The molecular weight excluding hydrogens is 426 g/mol. The fraction of sp³-hybridized carbons (Fsp3) is 0.250. The number of fused-ring (bicyclic) bond motifs is 1. The van der Waals surface area contributed by atoms with E-state index in [-0.39, 0.29) is 11.2 Å². The van der Waals surface area contributed by atoms with Gasteiger partial charge in [-0.25, -0.2) is 14.4 Å². The number of carboxylic acids is 2. The van der Waals surface area contributed by atoms with Crippen LogP contribution < -0.4 is 16.6 Å². The largest absolute Gasteiger partial charge is 0.478 e. The van der Waals surface area contributed by atoms with E-state index in [0.29, 0.717) is 36.1 Å². The number of rotatable bonds is 10. The third-order valence-electron chi connectivity index (χ3n) is 4.68. The molecule has 0 amide bonds. The molecule has 0 saturated carbocycles. The van der Waals surface area contributed by atoms with Crippen molar-refractivity contribution in [1.82, 2.24) is 14.9 Å². The summed E-state index contributed by atoms with van der Waals surface area (Å²) in [7, 11) is 0. The van der Waals surface area contributed by atoms with Gasteiger partial charge in [0.1, 0.15) is 0 Å². The van der Waals surface area contributed by atoms with Gasteiger partial charge in [0.15, 0.2) is 0 Å². The lowest BCUT2D eigenvalue weighted by Gasteiger charge is -2.08. The number of aryl methyl sites for hydroxylation is 1. The molecule has 1 heterocycles. The van der Waals surface area contributed by atoms with Crippen molar-refractivity contribution in [2.24, 2.45) is 0 Å². The van der Waals surface area contributed by atoms with E-state index in [1.54, 1.807) is 24.3 Å². The number of hydrogen-bond acceptors (Lipinski definition) is 5. The molecule has 4 N–H and O–H groups in total. The number of nitrogens with one attached hydrogen (secondary N) is 2. The molecule has 0 radical (unpaired) electrons. The van der Waals surface area contributed by atoms with Crippen molar-refractivity contribution in [3.63, 3.8) is 0 Å². The first-order valence-electron chi connectivity index (χ1n) is 10.5. The fourth-order valence-corrected chi connectivity index (χ4v) is 3.08. The lowest BCUT2D eigenvalue weighted by atomic mass is 10.1. The minimum Gasteiger partial charge on any atom is -0.478 e. The minimum absolute atomic E-state index is 0.231. The predicted molar refractivity (Wildman–Crippen MR) is 125 cm³/mol.